The highest BCUT2D eigenvalue weighted by Crippen LogP contribution is 2.34. The van der Waals surface area contributed by atoms with Crippen LogP contribution in [0.2, 0.25) is 5.02 Å². The molecular weight excluding hydrogens is 504 g/mol. The first-order valence-corrected chi connectivity index (χ1v) is 13.6. The predicted molar refractivity (Wildman–Crippen MR) is 150 cm³/mol. The quantitative estimate of drug-likeness (QED) is 0.352. The summed E-state index contributed by atoms with van der Waals surface area (Å²) in [6, 6.07) is 19.6. The summed E-state index contributed by atoms with van der Waals surface area (Å²) in [7, 11) is 0. The Labute approximate surface area is 226 Å². The molecule has 1 saturated heterocycles. The number of thiazole rings is 1. The topological polar surface area (TPSA) is 74.2 Å². The van der Waals surface area contributed by atoms with E-state index in [2.05, 4.69) is 32.0 Å². The van der Waals surface area contributed by atoms with Crippen LogP contribution in [0.3, 0.4) is 0 Å². The van der Waals surface area contributed by atoms with E-state index in [9.17, 15) is 4.79 Å². The highest BCUT2D eigenvalue weighted by Gasteiger charge is 2.22. The summed E-state index contributed by atoms with van der Waals surface area (Å²) in [4.78, 5) is 32.2. The Hall–Kier alpha value is -3.33. The Morgan fingerprint density at radius 2 is 1.68 bits per heavy atom. The fourth-order valence-electron chi connectivity index (χ4n) is 4.50. The molecule has 0 radical (unpaired) electrons. The highest BCUT2D eigenvalue weighted by atomic mass is 35.5. The Balaban J connectivity index is 1.21. The number of anilines is 1. The van der Waals surface area contributed by atoms with E-state index in [1.807, 2.05) is 60.7 Å². The number of aromatic nitrogens is 3. The first kappa shape index (κ1) is 25.3. The molecule has 4 aromatic rings. The number of rotatable bonds is 8. The van der Waals surface area contributed by atoms with Crippen molar-refractivity contribution in [3.05, 3.63) is 83.0 Å². The van der Waals surface area contributed by atoms with E-state index in [0.29, 0.717) is 11.4 Å². The molecule has 3 heterocycles. The van der Waals surface area contributed by atoms with Crippen molar-refractivity contribution in [3.63, 3.8) is 0 Å². The number of nitrogens with zero attached hydrogens (tertiary/aromatic N) is 5. The van der Waals surface area contributed by atoms with Crippen LogP contribution in [-0.2, 0) is 11.2 Å². The van der Waals surface area contributed by atoms with Crippen molar-refractivity contribution in [2.45, 2.75) is 19.4 Å². The van der Waals surface area contributed by atoms with Gasteiger partial charge in [0.2, 0.25) is 11.9 Å². The summed E-state index contributed by atoms with van der Waals surface area (Å²) >= 11 is 7.63. The maximum Gasteiger partial charge on any atom is 0.225 e. The van der Waals surface area contributed by atoms with Crippen LogP contribution in [-0.4, -0.2) is 64.5 Å². The average Bonchev–Trinajstić information content (AvgIpc) is 3.34. The van der Waals surface area contributed by atoms with Crippen molar-refractivity contribution in [1.82, 2.24) is 25.2 Å². The lowest BCUT2D eigenvalue weighted by Crippen LogP contribution is -2.51. The molecule has 0 aliphatic carbocycles. The molecule has 0 bridgehead atoms. The maximum absolute atomic E-state index is 13.1. The number of hydrogen-bond donors (Lipinski definition) is 1. The van der Waals surface area contributed by atoms with E-state index < -0.39 is 0 Å². The van der Waals surface area contributed by atoms with E-state index in [1.54, 1.807) is 23.7 Å². The zero-order chi connectivity index (χ0) is 25.6. The van der Waals surface area contributed by atoms with E-state index >= 15 is 0 Å². The first-order chi connectivity index (χ1) is 18.0. The standard InChI is InChI=1S/C28H29ClN6OS/c1-20(19-34-14-16-35(17-15-34)28-30-12-5-13-31-28)32-25(36)18-24-26(21-6-3-2-4-7-21)33-27(37-24)22-8-10-23(29)11-9-22/h2-13,20H,14-19H2,1H3,(H,32,36). The summed E-state index contributed by atoms with van der Waals surface area (Å²) < 4.78 is 0. The Morgan fingerprint density at radius 1 is 0.973 bits per heavy atom. The monoisotopic (exact) mass is 532 g/mol. The van der Waals surface area contributed by atoms with Gasteiger partial charge in [-0.3, -0.25) is 9.69 Å². The minimum Gasteiger partial charge on any atom is -0.352 e. The lowest BCUT2D eigenvalue weighted by molar-refractivity contribution is -0.121. The molecule has 0 spiro atoms. The smallest absolute Gasteiger partial charge is 0.225 e. The molecule has 7 nitrogen and oxygen atoms in total. The molecule has 37 heavy (non-hydrogen) atoms. The second kappa shape index (κ2) is 11.8. The van der Waals surface area contributed by atoms with Gasteiger partial charge in [-0.05, 0) is 25.1 Å². The zero-order valence-electron chi connectivity index (χ0n) is 20.7. The average molecular weight is 533 g/mol. The van der Waals surface area contributed by atoms with Crippen LogP contribution >= 0.6 is 22.9 Å². The minimum absolute atomic E-state index is 0.00677. The molecule has 190 valence electrons. The van der Waals surface area contributed by atoms with Crippen molar-refractivity contribution in [3.8, 4) is 21.8 Å². The number of carbonyl (C=O) groups is 1. The van der Waals surface area contributed by atoms with Crippen molar-refractivity contribution in [1.29, 1.82) is 0 Å². The van der Waals surface area contributed by atoms with Crippen LogP contribution in [0.4, 0.5) is 5.95 Å². The molecule has 2 aromatic heterocycles. The number of piperazine rings is 1. The first-order valence-electron chi connectivity index (χ1n) is 12.4. The number of carbonyl (C=O) groups excluding carboxylic acids is 1. The number of amides is 1. The summed E-state index contributed by atoms with van der Waals surface area (Å²) in [6.45, 7) is 6.44. The molecule has 1 unspecified atom stereocenters. The van der Waals surface area contributed by atoms with E-state index in [0.717, 1.165) is 65.4 Å². The van der Waals surface area contributed by atoms with Gasteiger partial charge in [0.15, 0.2) is 0 Å². The van der Waals surface area contributed by atoms with Gasteiger partial charge in [-0.25, -0.2) is 15.0 Å². The van der Waals surface area contributed by atoms with Gasteiger partial charge in [0.05, 0.1) is 12.1 Å². The van der Waals surface area contributed by atoms with Gasteiger partial charge in [0.1, 0.15) is 5.01 Å². The normalized spacial score (nSPS) is 14.9. The summed E-state index contributed by atoms with van der Waals surface area (Å²) in [5.74, 6) is 0.785. The Bertz CT molecular complexity index is 1310. The minimum atomic E-state index is 0.00677. The van der Waals surface area contributed by atoms with Gasteiger partial charge in [0.25, 0.3) is 0 Å². The predicted octanol–water partition coefficient (Wildman–Crippen LogP) is 4.79. The zero-order valence-corrected chi connectivity index (χ0v) is 22.3. The van der Waals surface area contributed by atoms with Gasteiger partial charge < -0.3 is 10.2 Å². The van der Waals surface area contributed by atoms with Crippen LogP contribution in [0.15, 0.2) is 73.1 Å². The fourth-order valence-corrected chi connectivity index (χ4v) is 5.71. The molecule has 1 aliphatic heterocycles. The van der Waals surface area contributed by atoms with Crippen molar-refractivity contribution in [2.75, 3.05) is 37.6 Å². The molecule has 1 N–H and O–H groups in total. The third-order valence-corrected chi connectivity index (χ3v) is 7.66. The highest BCUT2D eigenvalue weighted by molar-refractivity contribution is 7.15. The molecule has 1 atom stereocenters. The molecule has 1 aliphatic rings. The summed E-state index contributed by atoms with van der Waals surface area (Å²) in [5.41, 5.74) is 2.86. The third-order valence-electron chi connectivity index (χ3n) is 6.30. The molecular formula is C28H29ClN6OS. The SMILES string of the molecule is CC(CN1CCN(c2ncccn2)CC1)NC(=O)Cc1sc(-c2ccc(Cl)cc2)nc1-c1ccccc1. The van der Waals surface area contributed by atoms with E-state index in [1.165, 1.54) is 0 Å². The van der Waals surface area contributed by atoms with Crippen LogP contribution in [0, 0.1) is 0 Å². The molecule has 5 rings (SSSR count). The van der Waals surface area contributed by atoms with Crippen molar-refractivity contribution < 1.29 is 4.79 Å². The number of nitrogens with one attached hydrogen (secondary N) is 1. The van der Waals surface area contributed by atoms with Gasteiger partial charge in [-0.1, -0.05) is 54.1 Å². The fraction of sp³-hybridized carbons (Fsp3) is 0.286. The van der Waals surface area contributed by atoms with E-state index in [4.69, 9.17) is 16.6 Å². The number of hydrogen-bond acceptors (Lipinski definition) is 7. The molecule has 0 saturated carbocycles. The lowest BCUT2D eigenvalue weighted by atomic mass is 10.1. The lowest BCUT2D eigenvalue weighted by Gasteiger charge is -2.35. The van der Waals surface area contributed by atoms with Crippen LogP contribution in [0.5, 0.6) is 0 Å². The molecule has 9 heteroatoms. The number of halogens is 1. The molecule has 2 aromatic carbocycles. The second-order valence-corrected chi connectivity index (χ2v) is 10.7. The molecule has 1 fully saturated rings. The molecule has 1 amide bonds. The largest absolute Gasteiger partial charge is 0.352 e. The van der Waals surface area contributed by atoms with Gasteiger partial charge >= 0.3 is 0 Å². The van der Waals surface area contributed by atoms with Crippen LogP contribution in [0.1, 0.15) is 11.8 Å². The van der Waals surface area contributed by atoms with E-state index in [-0.39, 0.29) is 11.9 Å². The summed E-state index contributed by atoms with van der Waals surface area (Å²) in [6.07, 6.45) is 3.84. The maximum atomic E-state index is 13.1. The van der Waals surface area contributed by atoms with Gasteiger partial charge in [-0.15, -0.1) is 11.3 Å². The summed E-state index contributed by atoms with van der Waals surface area (Å²) in [5, 5.41) is 4.76. The Morgan fingerprint density at radius 3 is 2.38 bits per heavy atom. The van der Waals surface area contributed by atoms with Crippen molar-refractivity contribution >= 4 is 34.8 Å². The van der Waals surface area contributed by atoms with Crippen molar-refractivity contribution in [2.24, 2.45) is 0 Å². The third kappa shape index (κ3) is 6.52. The Kier molecular flexibility index (Phi) is 8.08. The van der Waals surface area contributed by atoms with Gasteiger partial charge in [0, 0.05) is 72.2 Å². The van der Waals surface area contributed by atoms with Crippen LogP contribution < -0.4 is 10.2 Å². The van der Waals surface area contributed by atoms with Crippen LogP contribution in [0.25, 0.3) is 21.8 Å². The van der Waals surface area contributed by atoms with Gasteiger partial charge in [-0.2, -0.15) is 0 Å². The second-order valence-electron chi connectivity index (χ2n) is 9.15. The number of benzene rings is 2.